The van der Waals surface area contributed by atoms with E-state index in [0.717, 1.165) is 11.3 Å². The number of carboxylic acids is 1. The number of nitrogens with one attached hydrogen (secondary N) is 1. The van der Waals surface area contributed by atoms with Crippen molar-refractivity contribution in [2.75, 3.05) is 6.61 Å². The van der Waals surface area contributed by atoms with Gasteiger partial charge in [-0.1, -0.05) is 42.1 Å². The van der Waals surface area contributed by atoms with Crippen LogP contribution in [0.2, 0.25) is 0 Å². The molecule has 0 saturated carbocycles. The molecule has 2 N–H and O–H groups in total. The molecule has 2 aromatic carbocycles. The van der Waals surface area contributed by atoms with Crippen LogP contribution in [0.4, 0.5) is 0 Å². The maximum absolute atomic E-state index is 10.5. The number of aliphatic carboxylic acids is 1. The molecule has 0 radical (unpaired) electrons. The van der Waals surface area contributed by atoms with Crippen LogP contribution in [-0.4, -0.2) is 38.8 Å². The van der Waals surface area contributed by atoms with Crippen LogP contribution in [-0.2, 0) is 10.5 Å². The number of hydrogen-bond acceptors (Lipinski definition) is 6. The largest absolute Gasteiger partial charge is 0.482 e. The average Bonchev–Trinajstić information content (AvgIpc) is 3.04. The van der Waals surface area contributed by atoms with Gasteiger partial charge in [-0.3, -0.25) is 0 Å². The Balaban J connectivity index is 1.67. The van der Waals surface area contributed by atoms with Gasteiger partial charge in [-0.05, 0) is 47.6 Å². The highest BCUT2D eigenvalue weighted by molar-refractivity contribution is 7.98. The van der Waals surface area contributed by atoms with E-state index in [2.05, 4.69) is 27.4 Å². The van der Waals surface area contributed by atoms with Gasteiger partial charge in [0.1, 0.15) is 5.75 Å². The monoisotopic (exact) mass is 400 g/mol. The minimum atomic E-state index is -1.02. The Morgan fingerprint density at radius 3 is 2.70 bits per heavy atom. The summed E-state index contributed by atoms with van der Waals surface area (Å²) in [6.07, 6.45) is 1.65. The van der Waals surface area contributed by atoms with Gasteiger partial charge < -0.3 is 9.84 Å². The van der Waals surface area contributed by atoms with Gasteiger partial charge in [-0.15, -0.1) is 5.10 Å². The minimum Gasteiger partial charge on any atom is -0.482 e. The lowest BCUT2D eigenvalue weighted by molar-refractivity contribution is -0.139. The van der Waals surface area contributed by atoms with Crippen LogP contribution in [0.5, 0.6) is 5.75 Å². The first-order valence-electron chi connectivity index (χ1n) is 7.95. The summed E-state index contributed by atoms with van der Waals surface area (Å²) < 4.78 is 7.07. The summed E-state index contributed by atoms with van der Waals surface area (Å²) in [7, 11) is 0. The zero-order chi connectivity index (χ0) is 19.1. The van der Waals surface area contributed by atoms with Crippen molar-refractivity contribution < 1.29 is 14.6 Å². The summed E-state index contributed by atoms with van der Waals surface area (Å²) in [5, 5.41) is 20.6. The lowest BCUT2D eigenvalue weighted by atomic mass is 10.2. The maximum atomic E-state index is 10.5. The molecule has 27 heavy (non-hydrogen) atoms. The molecule has 0 saturated heterocycles. The number of ether oxygens (including phenoxy) is 1. The molecule has 0 unspecified atom stereocenters. The van der Waals surface area contributed by atoms with Crippen LogP contribution >= 0.6 is 24.0 Å². The zero-order valence-corrected chi connectivity index (χ0v) is 15.7. The molecule has 9 heteroatoms. The SMILES string of the molecule is O=C(O)COc1ccc(/C=N\n2c(SCc3ccccc3)n[nH]c2=S)cc1. The van der Waals surface area contributed by atoms with Crippen LogP contribution < -0.4 is 4.74 Å². The fourth-order valence-corrected chi connectivity index (χ4v) is 3.21. The molecule has 0 bridgehead atoms. The van der Waals surface area contributed by atoms with Gasteiger partial charge >= 0.3 is 5.97 Å². The quantitative estimate of drug-likeness (QED) is 0.341. The van der Waals surface area contributed by atoms with E-state index in [1.165, 1.54) is 17.3 Å². The maximum Gasteiger partial charge on any atom is 0.341 e. The molecule has 0 atom stereocenters. The first-order valence-corrected chi connectivity index (χ1v) is 9.34. The van der Waals surface area contributed by atoms with E-state index in [0.29, 0.717) is 15.7 Å². The molecular weight excluding hydrogens is 384 g/mol. The van der Waals surface area contributed by atoms with E-state index >= 15 is 0 Å². The first kappa shape index (κ1) is 18.9. The van der Waals surface area contributed by atoms with E-state index in [1.54, 1.807) is 35.2 Å². The molecule has 0 fully saturated rings. The second-order valence-electron chi connectivity index (χ2n) is 5.39. The number of nitrogens with zero attached hydrogens (tertiary/aromatic N) is 3. The van der Waals surface area contributed by atoms with E-state index in [1.807, 2.05) is 18.2 Å². The van der Waals surface area contributed by atoms with Crippen molar-refractivity contribution >= 4 is 36.2 Å². The van der Waals surface area contributed by atoms with Crippen LogP contribution in [0.1, 0.15) is 11.1 Å². The molecule has 0 aliphatic rings. The summed E-state index contributed by atoms with van der Waals surface area (Å²) in [4.78, 5) is 10.5. The number of rotatable bonds is 8. The van der Waals surface area contributed by atoms with Crippen LogP contribution in [0, 0.1) is 4.77 Å². The Bertz CT molecular complexity index is 982. The fraction of sp³-hybridized carbons (Fsp3) is 0.111. The van der Waals surface area contributed by atoms with Gasteiger partial charge in [0, 0.05) is 5.75 Å². The molecular formula is C18H16N4O3S2. The van der Waals surface area contributed by atoms with E-state index in [-0.39, 0.29) is 6.61 Å². The molecule has 138 valence electrons. The van der Waals surface area contributed by atoms with Crippen molar-refractivity contribution in [3.63, 3.8) is 0 Å². The normalized spacial score (nSPS) is 11.0. The molecule has 1 heterocycles. The van der Waals surface area contributed by atoms with Gasteiger partial charge in [0.25, 0.3) is 0 Å². The summed E-state index contributed by atoms with van der Waals surface area (Å²) in [6, 6.07) is 17.0. The number of benzene rings is 2. The Morgan fingerprint density at radius 1 is 1.26 bits per heavy atom. The Kier molecular flexibility index (Phi) is 6.39. The zero-order valence-electron chi connectivity index (χ0n) is 14.1. The van der Waals surface area contributed by atoms with Gasteiger partial charge in [0.05, 0.1) is 6.21 Å². The third-order valence-corrected chi connectivity index (χ3v) is 4.66. The topological polar surface area (TPSA) is 92.5 Å². The predicted octanol–water partition coefficient (Wildman–Crippen LogP) is 3.58. The van der Waals surface area contributed by atoms with Gasteiger partial charge in [0.15, 0.2) is 6.61 Å². The number of thioether (sulfide) groups is 1. The summed E-state index contributed by atoms with van der Waals surface area (Å²) in [5.41, 5.74) is 2.00. The molecule has 0 aliphatic carbocycles. The van der Waals surface area contributed by atoms with Crippen LogP contribution in [0.25, 0.3) is 0 Å². The van der Waals surface area contributed by atoms with E-state index in [4.69, 9.17) is 22.1 Å². The number of carboxylic acid groups (broad SMARTS) is 1. The van der Waals surface area contributed by atoms with Crippen molar-refractivity contribution in [2.45, 2.75) is 10.9 Å². The smallest absolute Gasteiger partial charge is 0.341 e. The van der Waals surface area contributed by atoms with E-state index < -0.39 is 5.97 Å². The highest BCUT2D eigenvalue weighted by Crippen LogP contribution is 2.21. The second-order valence-corrected chi connectivity index (χ2v) is 6.72. The summed E-state index contributed by atoms with van der Waals surface area (Å²) >= 11 is 6.77. The second kappa shape index (κ2) is 9.15. The lowest BCUT2D eigenvalue weighted by Gasteiger charge is -2.03. The Hall–Kier alpha value is -2.91. The van der Waals surface area contributed by atoms with Crippen LogP contribution in [0.3, 0.4) is 0 Å². The minimum absolute atomic E-state index is 0.375. The Labute approximate surface area is 164 Å². The number of hydrogen-bond donors (Lipinski definition) is 2. The van der Waals surface area contributed by atoms with Crippen LogP contribution in [0.15, 0.2) is 64.9 Å². The third-order valence-electron chi connectivity index (χ3n) is 3.40. The summed E-state index contributed by atoms with van der Waals surface area (Å²) in [5.74, 6) is 0.218. The van der Waals surface area contributed by atoms with Gasteiger partial charge in [-0.2, -0.15) is 9.78 Å². The number of carbonyl (C=O) groups is 1. The predicted molar refractivity (Wildman–Crippen MR) is 106 cm³/mol. The van der Waals surface area contributed by atoms with Crippen molar-refractivity contribution in [2.24, 2.45) is 5.10 Å². The molecule has 1 aromatic heterocycles. The third kappa shape index (κ3) is 5.53. The van der Waals surface area contributed by atoms with Gasteiger partial charge in [-0.25, -0.2) is 9.89 Å². The molecule has 7 nitrogen and oxygen atoms in total. The standard InChI is InChI=1S/C18H16N4O3S2/c23-16(24)11-25-15-8-6-13(7-9-15)10-19-22-17(26)20-21-18(22)27-12-14-4-2-1-3-5-14/h1-10H,11-12H2,(H,20,26)(H,23,24)/b19-10-. The summed E-state index contributed by atoms with van der Waals surface area (Å²) in [6.45, 7) is -0.375. The fourth-order valence-electron chi connectivity index (χ4n) is 2.11. The van der Waals surface area contributed by atoms with Crippen molar-refractivity contribution in [1.29, 1.82) is 0 Å². The number of aromatic nitrogens is 3. The molecule has 0 spiro atoms. The first-order chi connectivity index (χ1) is 13.1. The lowest BCUT2D eigenvalue weighted by Crippen LogP contribution is -2.09. The highest BCUT2D eigenvalue weighted by atomic mass is 32.2. The number of aromatic amines is 1. The van der Waals surface area contributed by atoms with Crippen molar-refractivity contribution in [3.05, 3.63) is 70.5 Å². The average molecular weight is 400 g/mol. The molecule has 3 rings (SSSR count). The molecule has 0 aliphatic heterocycles. The molecule has 3 aromatic rings. The van der Waals surface area contributed by atoms with Crippen molar-refractivity contribution in [3.8, 4) is 5.75 Å². The molecule has 0 amide bonds. The van der Waals surface area contributed by atoms with Crippen molar-refractivity contribution in [1.82, 2.24) is 14.9 Å². The number of H-pyrrole nitrogens is 1. The highest BCUT2D eigenvalue weighted by Gasteiger charge is 2.06. The van der Waals surface area contributed by atoms with E-state index in [9.17, 15) is 4.79 Å². The van der Waals surface area contributed by atoms with Gasteiger partial charge in [0.2, 0.25) is 9.93 Å². The Morgan fingerprint density at radius 2 is 2.00 bits per heavy atom.